The minimum Gasteiger partial charge on any atom is -0.487 e. The zero-order chi connectivity index (χ0) is 25.3. The van der Waals surface area contributed by atoms with Crippen LogP contribution in [0.3, 0.4) is 0 Å². The molecule has 35 heavy (non-hydrogen) atoms. The number of aromatic nitrogens is 4. The molecule has 0 spiro atoms. The van der Waals surface area contributed by atoms with Crippen LogP contribution < -0.4 is 10.3 Å². The number of hydrogen-bond donors (Lipinski definition) is 1. The fourth-order valence-corrected chi connectivity index (χ4v) is 3.84. The Morgan fingerprint density at radius 1 is 1.06 bits per heavy atom. The molecular weight excluding hydrogens is 471 g/mol. The smallest absolute Gasteiger partial charge is 0.277 e. The normalized spacial score (nSPS) is 11.5. The summed E-state index contributed by atoms with van der Waals surface area (Å²) in [6.45, 7) is 6.96. The minimum absolute atomic E-state index is 0.0556. The highest BCUT2D eigenvalue weighted by molar-refractivity contribution is 6.32. The molecule has 4 aromatic rings. The number of benzene rings is 1. The van der Waals surface area contributed by atoms with Gasteiger partial charge >= 0.3 is 0 Å². The van der Waals surface area contributed by atoms with E-state index in [1.807, 2.05) is 6.92 Å². The lowest BCUT2D eigenvalue weighted by Gasteiger charge is -2.18. The van der Waals surface area contributed by atoms with E-state index < -0.39 is 11.2 Å². The number of aliphatic hydroxyl groups is 1. The first-order valence-corrected chi connectivity index (χ1v) is 11.3. The van der Waals surface area contributed by atoms with Crippen molar-refractivity contribution in [1.29, 1.82) is 0 Å². The van der Waals surface area contributed by atoms with E-state index in [9.17, 15) is 14.3 Å². The summed E-state index contributed by atoms with van der Waals surface area (Å²) in [7, 11) is 0. The number of pyridine rings is 2. The van der Waals surface area contributed by atoms with Gasteiger partial charge in [0.15, 0.2) is 5.82 Å². The quantitative estimate of drug-likeness (QED) is 0.410. The number of ether oxygens (including phenoxy) is 1. The third kappa shape index (κ3) is 5.08. The van der Waals surface area contributed by atoms with Crippen LogP contribution in [0.15, 0.2) is 59.7 Å². The molecule has 0 aliphatic carbocycles. The van der Waals surface area contributed by atoms with Gasteiger partial charge in [0.1, 0.15) is 28.8 Å². The van der Waals surface area contributed by atoms with E-state index in [-0.39, 0.29) is 29.0 Å². The first-order valence-electron chi connectivity index (χ1n) is 10.9. The molecule has 0 saturated heterocycles. The second-order valence-electron chi connectivity index (χ2n) is 8.63. The second-order valence-corrected chi connectivity index (χ2v) is 9.01. The van der Waals surface area contributed by atoms with Gasteiger partial charge in [-0.1, -0.05) is 23.7 Å². The number of halogens is 2. The Labute approximate surface area is 206 Å². The molecule has 0 radical (unpaired) electrons. The minimum atomic E-state index is -1.21. The number of rotatable bonds is 6. The SMILES string of the molecule is Cc1c(OCc2ccc(F)cc2)c(Cl)c(=O)n(-c2ccnc(-c3ccnc(C(C)(C)O)n3)c2)c1C. The van der Waals surface area contributed by atoms with Gasteiger partial charge < -0.3 is 9.84 Å². The summed E-state index contributed by atoms with van der Waals surface area (Å²) < 4.78 is 20.5. The summed E-state index contributed by atoms with van der Waals surface area (Å²) in [4.78, 5) is 26.2. The van der Waals surface area contributed by atoms with Gasteiger partial charge in [0.05, 0.1) is 17.1 Å². The van der Waals surface area contributed by atoms with Crippen LogP contribution in [-0.4, -0.2) is 24.6 Å². The lowest BCUT2D eigenvalue weighted by molar-refractivity contribution is 0.0688. The van der Waals surface area contributed by atoms with Gasteiger partial charge in [0.2, 0.25) is 0 Å². The van der Waals surface area contributed by atoms with Gasteiger partial charge in [-0.15, -0.1) is 0 Å². The third-order valence-electron chi connectivity index (χ3n) is 5.57. The molecule has 4 rings (SSSR count). The van der Waals surface area contributed by atoms with E-state index >= 15 is 0 Å². The van der Waals surface area contributed by atoms with Crippen molar-refractivity contribution in [2.75, 3.05) is 0 Å². The van der Waals surface area contributed by atoms with E-state index in [2.05, 4.69) is 15.0 Å². The van der Waals surface area contributed by atoms with Crippen LogP contribution in [0.1, 0.15) is 36.5 Å². The van der Waals surface area contributed by atoms with Crippen molar-refractivity contribution < 1.29 is 14.2 Å². The molecule has 9 heteroatoms. The highest BCUT2D eigenvalue weighted by Gasteiger charge is 2.21. The fourth-order valence-electron chi connectivity index (χ4n) is 3.56. The zero-order valence-electron chi connectivity index (χ0n) is 19.7. The molecule has 0 atom stereocenters. The van der Waals surface area contributed by atoms with Crippen molar-refractivity contribution in [3.8, 4) is 22.8 Å². The average Bonchev–Trinajstić information content (AvgIpc) is 2.84. The van der Waals surface area contributed by atoms with Gasteiger partial charge in [-0.05, 0) is 63.6 Å². The molecule has 1 N–H and O–H groups in total. The largest absolute Gasteiger partial charge is 0.487 e. The molecule has 0 aliphatic rings. The van der Waals surface area contributed by atoms with E-state index in [0.29, 0.717) is 28.3 Å². The van der Waals surface area contributed by atoms with Crippen LogP contribution >= 0.6 is 11.6 Å². The van der Waals surface area contributed by atoms with Gasteiger partial charge in [0.25, 0.3) is 5.56 Å². The number of hydrogen-bond acceptors (Lipinski definition) is 6. The Hall–Kier alpha value is -3.62. The monoisotopic (exact) mass is 494 g/mol. The zero-order valence-corrected chi connectivity index (χ0v) is 20.5. The molecule has 3 aromatic heterocycles. The molecule has 1 aromatic carbocycles. The highest BCUT2D eigenvalue weighted by atomic mass is 35.5. The summed E-state index contributed by atoms with van der Waals surface area (Å²) in [5.41, 5.74) is 2.00. The van der Waals surface area contributed by atoms with Crippen molar-refractivity contribution in [2.24, 2.45) is 0 Å². The van der Waals surface area contributed by atoms with Crippen LogP contribution in [0.4, 0.5) is 4.39 Å². The maximum Gasteiger partial charge on any atom is 0.277 e. The third-order valence-corrected chi connectivity index (χ3v) is 5.91. The van der Waals surface area contributed by atoms with E-state index in [4.69, 9.17) is 16.3 Å². The highest BCUT2D eigenvalue weighted by Crippen LogP contribution is 2.30. The predicted octanol–water partition coefficient (Wildman–Crippen LogP) is 4.91. The van der Waals surface area contributed by atoms with Crippen LogP contribution in [0, 0.1) is 19.7 Å². The lowest BCUT2D eigenvalue weighted by atomic mass is 10.1. The Morgan fingerprint density at radius 3 is 2.43 bits per heavy atom. The van der Waals surface area contributed by atoms with Crippen molar-refractivity contribution in [1.82, 2.24) is 19.5 Å². The van der Waals surface area contributed by atoms with Gasteiger partial charge in [0, 0.05) is 23.7 Å². The molecule has 0 fully saturated rings. The maximum absolute atomic E-state index is 13.3. The first-order chi connectivity index (χ1) is 16.6. The topological polar surface area (TPSA) is 90.1 Å². The van der Waals surface area contributed by atoms with E-state index in [1.165, 1.54) is 16.7 Å². The van der Waals surface area contributed by atoms with Crippen LogP contribution in [0.5, 0.6) is 5.75 Å². The predicted molar refractivity (Wildman–Crippen MR) is 131 cm³/mol. The van der Waals surface area contributed by atoms with Gasteiger partial charge in [-0.25, -0.2) is 14.4 Å². The first kappa shape index (κ1) is 24.5. The van der Waals surface area contributed by atoms with Crippen LogP contribution in [0.2, 0.25) is 5.02 Å². The molecule has 180 valence electrons. The summed E-state index contributed by atoms with van der Waals surface area (Å²) >= 11 is 6.46. The van der Waals surface area contributed by atoms with Crippen LogP contribution in [0.25, 0.3) is 17.1 Å². The Bertz CT molecular complexity index is 1450. The Balaban J connectivity index is 1.72. The molecule has 0 amide bonds. The summed E-state index contributed by atoms with van der Waals surface area (Å²) in [5, 5.41) is 10.2. The molecule has 0 aliphatic heterocycles. The molecule has 0 saturated carbocycles. The summed E-state index contributed by atoms with van der Waals surface area (Å²) in [6, 6.07) is 11.0. The van der Waals surface area contributed by atoms with Gasteiger partial charge in [-0.2, -0.15) is 0 Å². The van der Waals surface area contributed by atoms with Crippen molar-refractivity contribution in [3.05, 3.63) is 98.7 Å². The molecule has 0 unspecified atom stereocenters. The van der Waals surface area contributed by atoms with E-state index in [1.54, 1.807) is 63.5 Å². The lowest BCUT2D eigenvalue weighted by Crippen LogP contribution is -2.23. The Morgan fingerprint density at radius 2 is 1.74 bits per heavy atom. The second kappa shape index (κ2) is 9.56. The molecule has 7 nitrogen and oxygen atoms in total. The van der Waals surface area contributed by atoms with E-state index in [0.717, 1.165) is 5.56 Å². The molecule has 3 heterocycles. The van der Waals surface area contributed by atoms with Crippen LogP contribution in [-0.2, 0) is 12.2 Å². The maximum atomic E-state index is 13.3. The molecular formula is C26H24ClFN4O3. The summed E-state index contributed by atoms with van der Waals surface area (Å²) in [6.07, 6.45) is 3.13. The van der Waals surface area contributed by atoms with Gasteiger partial charge in [-0.3, -0.25) is 14.3 Å². The number of nitrogens with zero attached hydrogens (tertiary/aromatic N) is 4. The van der Waals surface area contributed by atoms with Crippen molar-refractivity contribution in [3.63, 3.8) is 0 Å². The standard InChI is InChI=1S/C26H24ClFN4O3/c1-15-16(2)32(24(33)22(27)23(15)35-14-17-5-7-18(28)8-6-17)19-9-11-29-21(13-19)20-10-12-30-25(31-20)26(3,4)34/h5-13,34H,14H2,1-4H3. The summed E-state index contributed by atoms with van der Waals surface area (Å²) in [5.74, 6) is 0.211. The fraction of sp³-hybridized carbons (Fsp3) is 0.231. The van der Waals surface area contributed by atoms with Crippen molar-refractivity contribution in [2.45, 2.75) is 39.9 Å². The Kier molecular flexibility index (Phi) is 6.69. The molecule has 0 bridgehead atoms. The van der Waals surface area contributed by atoms with Crippen molar-refractivity contribution >= 4 is 11.6 Å². The average molecular weight is 495 g/mol.